The molecule has 1 saturated heterocycles. The molecule has 1 aliphatic heterocycles. The van der Waals surface area contributed by atoms with Gasteiger partial charge in [0, 0.05) is 13.0 Å². The second kappa shape index (κ2) is 10.7. The first-order valence-electron chi connectivity index (χ1n) is 9.36. The van der Waals surface area contributed by atoms with Gasteiger partial charge in [0.2, 0.25) is 21.8 Å². The van der Waals surface area contributed by atoms with Crippen molar-refractivity contribution < 1.29 is 18.0 Å². The number of nitrogens with one attached hydrogen (secondary N) is 2. The van der Waals surface area contributed by atoms with E-state index in [1.165, 1.54) is 23.5 Å². The van der Waals surface area contributed by atoms with E-state index in [2.05, 4.69) is 36.8 Å². The maximum atomic E-state index is 12.5. The predicted octanol–water partition coefficient (Wildman–Crippen LogP) is 2.22. The van der Waals surface area contributed by atoms with Gasteiger partial charge < -0.3 is 10.6 Å². The van der Waals surface area contributed by atoms with E-state index in [1.807, 2.05) is 19.1 Å². The van der Waals surface area contributed by atoms with Gasteiger partial charge in [-0.25, -0.2) is 13.6 Å². The largest absolute Gasteiger partial charge is 0.355 e. The molecule has 2 heterocycles. The molecule has 1 aromatic carbocycles. The highest BCUT2D eigenvalue weighted by molar-refractivity contribution is 9.11. The van der Waals surface area contributed by atoms with Crippen molar-refractivity contribution in [2.45, 2.75) is 29.9 Å². The van der Waals surface area contributed by atoms with Gasteiger partial charge in [-0.1, -0.05) is 23.9 Å². The molecule has 0 saturated carbocycles. The molecular formula is C19H20BrN5O4S3. The molecule has 3 rings (SSSR count). The van der Waals surface area contributed by atoms with E-state index in [0.717, 1.165) is 26.0 Å². The second-order valence-electron chi connectivity index (χ2n) is 6.78. The van der Waals surface area contributed by atoms with E-state index in [0.29, 0.717) is 18.7 Å². The van der Waals surface area contributed by atoms with Crippen LogP contribution in [0.25, 0.3) is 0 Å². The summed E-state index contributed by atoms with van der Waals surface area (Å²) in [6.07, 6.45) is 0.542. The van der Waals surface area contributed by atoms with Gasteiger partial charge in [0.1, 0.15) is 0 Å². The molecule has 0 radical (unpaired) electrons. The number of carbonyl (C=O) groups excluding carboxylic acids is 2. The van der Waals surface area contributed by atoms with Crippen LogP contribution in [0.15, 0.2) is 55.3 Å². The zero-order chi connectivity index (χ0) is 23.3. The highest BCUT2D eigenvalue weighted by Crippen LogP contribution is 2.24. The van der Waals surface area contributed by atoms with Crippen LogP contribution >= 0.6 is 39.0 Å². The van der Waals surface area contributed by atoms with E-state index in [9.17, 15) is 18.0 Å². The normalized spacial score (nSPS) is 18.5. The number of rotatable bonds is 7. The van der Waals surface area contributed by atoms with E-state index in [4.69, 9.17) is 5.14 Å². The minimum absolute atomic E-state index is 0.0336. The number of thioether (sulfide) groups is 1. The van der Waals surface area contributed by atoms with Crippen molar-refractivity contribution >= 4 is 71.7 Å². The molecule has 2 amide bonds. The van der Waals surface area contributed by atoms with Gasteiger partial charge in [0.05, 0.1) is 24.5 Å². The van der Waals surface area contributed by atoms with Gasteiger partial charge in [0.15, 0.2) is 5.17 Å². The number of benzene rings is 1. The van der Waals surface area contributed by atoms with E-state index >= 15 is 0 Å². The van der Waals surface area contributed by atoms with Gasteiger partial charge in [-0.15, -0.1) is 16.4 Å². The molecule has 1 aromatic heterocycles. The average molecular weight is 559 g/mol. The first-order valence-corrected chi connectivity index (χ1v) is 13.4. The molecule has 32 heavy (non-hydrogen) atoms. The lowest BCUT2D eigenvalue weighted by Crippen LogP contribution is -2.44. The molecule has 13 heteroatoms. The Bertz CT molecular complexity index is 1180. The summed E-state index contributed by atoms with van der Waals surface area (Å²) < 4.78 is 23.6. The Morgan fingerprint density at radius 2 is 2.00 bits per heavy atom. The van der Waals surface area contributed by atoms with Crippen LogP contribution in [-0.4, -0.2) is 42.9 Å². The fourth-order valence-corrected chi connectivity index (χ4v) is 5.50. The number of sulfonamides is 1. The van der Waals surface area contributed by atoms with Crippen molar-refractivity contribution in [3.05, 3.63) is 50.6 Å². The number of hydrogen-bond acceptors (Lipinski definition) is 8. The number of primary sulfonamides is 1. The molecule has 9 nitrogen and oxygen atoms in total. The Balaban J connectivity index is 1.55. The van der Waals surface area contributed by atoms with Crippen molar-refractivity contribution in [2.75, 3.05) is 6.54 Å². The molecule has 1 unspecified atom stereocenters. The number of amides is 2. The number of nitrogens with two attached hydrogens (primary N) is 1. The molecule has 4 N–H and O–H groups in total. The van der Waals surface area contributed by atoms with Gasteiger partial charge in [0.25, 0.3) is 0 Å². The monoisotopic (exact) mass is 557 g/mol. The van der Waals surface area contributed by atoms with E-state index < -0.39 is 15.3 Å². The lowest BCUT2D eigenvalue weighted by atomic mass is 10.1. The van der Waals surface area contributed by atoms with Crippen LogP contribution in [0.4, 0.5) is 0 Å². The third-order valence-corrected chi connectivity index (χ3v) is 8.08. The average Bonchev–Trinajstić information content (AvgIpc) is 3.17. The summed E-state index contributed by atoms with van der Waals surface area (Å²) in [6, 6.07) is 9.97. The number of nitrogens with zero attached hydrogens (tertiary/aromatic N) is 2. The minimum atomic E-state index is -3.74. The molecule has 2 aromatic rings. The standard InChI is InChI=1S/C19H20BrN5O4S3/c1-11(14-6-7-16(20)30-14)24-25-19-23-17(26)10-15(31-19)18(27)22-9-8-12-2-4-13(5-3-12)32(21,28)29/h2-7,15H,8-10H2,1H3,(H,22,27)(H2,21,28,29)(H,23,25,26). The van der Waals surface area contributed by atoms with Gasteiger partial charge in [-0.2, -0.15) is 5.10 Å². The third-order valence-electron chi connectivity index (χ3n) is 4.35. The van der Waals surface area contributed by atoms with Crippen molar-refractivity contribution in [3.63, 3.8) is 0 Å². The zero-order valence-electron chi connectivity index (χ0n) is 16.9. The summed E-state index contributed by atoms with van der Waals surface area (Å²) in [7, 11) is -3.74. The maximum absolute atomic E-state index is 12.5. The van der Waals surface area contributed by atoms with Crippen LogP contribution in [-0.2, 0) is 26.0 Å². The smallest absolute Gasteiger partial charge is 0.238 e. The van der Waals surface area contributed by atoms with E-state index in [-0.39, 0.29) is 28.3 Å². The number of halogens is 1. The summed E-state index contributed by atoms with van der Waals surface area (Å²) in [6.45, 7) is 2.15. The minimum Gasteiger partial charge on any atom is -0.355 e. The first-order chi connectivity index (χ1) is 15.1. The van der Waals surface area contributed by atoms with Gasteiger partial charge in [-0.05, 0) is 59.1 Å². The molecule has 0 bridgehead atoms. The molecule has 1 aliphatic rings. The lowest BCUT2D eigenvalue weighted by molar-refractivity contribution is -0.125. The molecule has 1 atom stereocenters. The summed E-state index contributed by atoms with van der Waals surface area (Å²) >= 11 is 6.07. The van der Waals surface area contributed by atoms with Crippen molar-refractivity contribution in [1.29, 1.82) is 0 Å². The highest BCUT2D eigenvalue weighted by atomic mass is 79.9. The SMILES string of the molecule is CC(=N/N=C1\NC(=O)CC(C(=O)NCCc2ccc(S(N)(=O)=O)cc2)S1)c1ccc(Br)s1. The third kappa shape index (κ3) is 6.97. The Morgan fingerprint density at radius 1 is 1.28 bits per heavy atom. The van der Waals surface area contributed by atoms with Crippen molar-refractivity contribution in [1.82, 2.24) is 10.6 Å². The maximum Gasteiger partial charge on any atom is 0.238 e. The second-order valence-corrected chi connectivity index (χ2v) is 12.0. The quantitative estimate of drug-likeness (QED) is 0.353. The summed E-state index contributed by atoms with van der Waals surface area (Å²) in [5.74, 6) is -0.574. The number of thiophene rings is 1. The summed E-state index contributed by atoms with van der Waals surface area (Å²) in [5.41, 5.74) is 1.54. The van der Waals surface area contributed by atoms with Crippen LogP contribution in [0.3, 0.4) is 0 Å². The molecule has 170 valence electrons. The Kier molecular flexibility index (Phi) is 8.22. The Labute approximate surface area is 202 Å². The number of carbonyl (C=O) groups is 2. The number of amidine groups is 1. The van der Waals surface area contributed by atoms with Crippen LogP contribution in [0.2, 0.25) is 0 Å². The van der Waals surface area contributed by atoms with Crippen molar-refractivity contribution in [2.24, 2.45) is 15.3 Å². The zero-order valence-corrected chi connectivity index (χ0v) is 20.9. The molecule has 1 fully saturated rings. The van der Waals surface area contributed by atoms with Crippen LogP contribution in [0, 0.1) is 0 Å². The first kappa shape index (κ1) is 24.6. The molecule has 0 spiro atoms. The topological polar surface area (TPSA) is 143 Å². The highest BCUT2D eigenvalue weighted by Gasteiger charge is 2.30. The summed E-state index contributed by atoms with van der Waals surface area (Å²) in [5, 5.41) is 18.4. The fraction of sp³-hybridized carbons (Fsp3) is 0.263. The van der Waals surface area contributed by atoms with Crippen LogP contribution < -0.4 is 15.8 Å². The molecular weight excluding hydrogens is 538 g/mol. The number of hydrogen-bond donors (Lipinski definition) is 3. The molecule has 0 aliphatic carbocycles. The van der Waals surface area contributed by atoms with Crippen molar-refractivity contribution in [3.8, 4) is 0 Å². The Morgan fingerprint density at radius 3 is 2.62 bits per heavy atom. The van der Waals surface area contributed by atoms with Crippen LogP contribution in [0.5, 0.6) is 0 Å². The Hall–Kier alpha value is -2.06. The van der Waals surface area contributed by atoms with Gasteiger partial charge in [-0.3, -0.25) is 9.59 Å². The lowest BCUT2D eigenvalue weighted by Gasteiger charge is -2.21. The fourth-order valence-electron chi connectivity index (χ4n) is 2.71. The van der Waals surface area contributed by atoms with Gasteiger partial charge >= 0.3 is 0 Å². The van der Waals surface area contributed by atoms with E-state index in [1.54, 1.807) is 12.1 Å². The summed E-state index contributed by atoms with van der Waals surface area (Å²) in [4.78, 5) is 25.5. The predicted molar refractivity (Wildman–Crippen MR) is 130 cm³/mol. The van der Waals surface area contributed by atoms with Crippen LogP contribution in [0.1, 0.15) is 23.8 Å².